The Bertz CT molecular complexity index is 764. The second kappa shape index (κ2) is 10.8. The van der Waals surface area contributed by atoms with Crippen molar-refractivity contribution in [1.82, 2.24) is 10.2 Å². The van der Waals surface area contributed by atoms with Crippen LogP contribution in [0.15, 0.2) is 41.4 Å². The first kappa shape index (κ1) is 21.1. The first-order valence-electron chi connectivity index (χ1n) is 10.6. The van der Waals surface area contributed by atoms with Gasteiger partial charge in [-0.05, 0) is 43.2 Å². The van der Waals surface area contributed by atoms with Crippen LogP contribution in [-0.2, 0) is 27.2 Å². The lowest BCUT2D eigenvalue weighted by atomic mass is 9.95. The Morgan fingerprint density at radius 3 is 2.79 bits per heavy atom. The van der Waals surface area contributed by atoms with Gasteiger partial charge in [0.2, 0.25) is 5.91 Å². The molecule has 0 unspecified atom stereocenters. The predicted molar refractivity (Wildman–Crippen MR) is 114 cm³/mol. The summed E-state index contributed by atoms with van der Waals surface area (Å²) in [5.41, 5.74) is 2.24. The van der Waals surface area contributed by atoms with E-state index in [4.69, 9.17) is 4.74 Å². The van der Waals surface area contributed by atoms with E-state index < -0.39 is 0 Å². The average molecular weight is 398 g/mol. The summed E-state index contributed by atoms with van der Waals surface area (Å²) in [6.45, 7) is 5.54. The molecular formula is C23H31N3O3. The van der Waals surface area contributed by atoms with Gasteiger partial charge in [-0.2, -0.15) is 0 Å². The molecule has 2 heterocycles. The topological polar surface area (TPSA) is 71.0 Å². The summed E-state index contributed by atoms with van der Waals surface area (Å²) in [7, 11) is 0. The Balaban J connectivity index is 1.48. The number of esters is 1. The Hall–Kier alpha value is -2.63. The maximum absolute atomic E-state index is 12.7. The lowest BCUT2D eigenvalue weighted by molar-refractivity contribution is -0.137. The van der Waals surface area contributed by atoms with Gasteiger partial charge in [0, 0.05) is 38.7 Å². The number of benzene rings is 1. The van der Waals surface area contributed by atoms with Gasteiger partial charge >= 0.3 is 5.97 Å². The third-order valence-electron chi connectivity index (χ3n) is 5.37. The smallest absolute Gasteiger partial charge is 0.330 e. The van der Waals surface area contributed by atoms with Gasteiger partial charge in [0.1, 0.15) is 5.84 Å². The van der Waals surface area contributed by atoms with Crippen molar-refractivity contribution in [2.45, 2.75) is 39.0 Å². The lowest BCUT2D eigenvalue weighted by Gasteiger charge is -2.30. The van der Waals surface area contributed by atoms with Gasteiger partial charge in [0.15, 0.2) is 0 Å². The number of hydrogen-bond donors (Lipinski definition) is 1. The van der Waals surface area contributed by atoms with Crippen LogP contribution in [0.2, 0.25) is 0 Å². The minimum Gasteiger partial charge on any atom is -0.463 e. The summed E-state index contributed by atoms with van der Waals surface area (Å²) < 4.78 is 4.91. The van der Waals surface area contributed by atoms with E-state index in [0.717, 1.165) is 63.3 Å². The van der Waals surface area contributed by atoms with Crippen molar-refractivity contribution >= 4 is 17.7 Å². The van der Waals surface area contributed by atoms with Gasteiger partial charge in [-0.3, -0.25) is 9.79 Å². The summed E-state index contributed by atoms with van der Waals surface area (Å²) in [5, 5.41) is 3.35. The molecule has 2 aliphatic rings. The minimum atomic E-state index is -0.291. The molecule has 6 heteroatoms. The lowest BCUT2D eigenvalue weighted by Crippen LogP contribution is -2.39. The zero-order valence-corrected chi connectivity index (χ0v) is 17.2. The Morgan fingerprint density at radius 1 is 1.28 bits per heavy atom. The molecule has 0 spiro atoms. The van der Waals surface area contributed by atoms with Crippen LogP contribution in [0.25, 0.3) is 0 Å². The summed E-state index contributed by atoms with van der Waals surface area (Å²) in [5.74, 6) is 1.25. The van der Waals surface area contributed by atoms with Gasteiger partial charge in [-0.1, -0.05) is 30.3 Å². The highest BCUT2D eigenvalue weighted by Crippen LogP contribution is 2.19. The SMILES string of the molecule is CCOC(=O)/C=C/C1CCN(C(=O)Cc2cccc(CC3=NCCCN3)c2)CC1. The summed E-state index contributed by atoms with van der Waals surface area (Å²) in [6, 6.07) is 8.25. The van der Waals surface area contributed by atoms with Gasteiger partial charge in [0.25, 0.3) is 0 Å². The van der Waals surface area contributed by atoms with E-state index in [1.54, 1.807) is 6.92 Å². The number of amidine groups is 1. The first-order chi connectivity index (χ1) is 14.1. The molecule has 1 aromatic rings. The van der Waals surface area contributed by atoms with Gasteiger partial charge in [-0.15, -0.1) is 0 Å². The molecule has 0 bridgehead atoms. The number of nitrogens with one attached hydrogen (secondary N) is 1. The fraction of sp³-hybridized carbons (Fsp3) is 0.522. The third-order valence-corrected chi connectivity index (χ3v) is 5.37. The fourth-order valence-corrected chi connectivity index (χ4v) is 3.78. The highest BCUT2D eigenvalue weighted by molar-refractivity contribution is 5.85. The molecule has 0 radical (unpaired) electrons. The summed E-state index contributed by atoms with van der Waals surface area (Å²) in [6.07, 6.45) is 7.51. The van der Waals surface area contributed by atoms with Gasteiger partial charge in [0.05, 0.1) is 13.0 Å². The molecule has 6 nitrogen and oxygen atoms in total. The Morgan fingerprint density at radius 2 is 2.07 bits per heavy atom. The molecule has 0 aromatic heterocycles. The van der Waals surface area contributed by atoms with Crippen molar-refractivity contribution in [2.24, 2.45) is 10.9 Å². The molecule has 3 rings (SSSR count). The van der Waals surface area contributed by atoms with Crippen LogP contribution in [0.5, 0.6) is 0 Å². The van der Waals surface area contributed by atoms with E-state index in [9.17, 15) is 9.59 Å². The standard InChI is InChI=1S/C23H31N3O3/c1-2-29-23(28)8-7-18-9-13-26(14-10-18)22(27)17-20-6-3-5-19(15-20)16-21-24-11-4-12-25-21/h3,5-8,15,18H,2,4,9-14,16-17H2,1H3,(H,24,25)/b8-7+. The Labute approximate surface area is 173 Å². The van der Waals surface area contributed by atoms with Crippen molar-refractivity contribution in [2.75, 3.05) is 32.8 Å². The molecule has 1 amide bonds. The van der Waals surface area contributed by atoms with E-state index in [1.165, 1.54) is 11.6 Å². The van der Waals surface area contributed by atoms with Crippen molar-refractivity contribution in [3.05, 3.63) is 47.5 Å². The molecule has 0 saturated carbocycles. The number of aliphatic imine (C=N–C) groups is 1. The van der Waals surface area contributed by atoms with E-state index in [0.29, 0.717) is 18.9 Å². The molecule has 0 aliphatic carbocycles. The highest BCUT2D eigenvalue weighted by Gasteiger charge is 2.21. The second-order valence-electron chi connectivity index (χ2n) is 7.61. The normalized spacial score (nSPS) is 17.7. The van der Waals surface area contributed by atoms with Gasteiger partial charge < -0.3 is 15.0 Å². The predicted octanol–water partition coefficient (Wildman–Crippen LogP) is 2.52. The molecule has 0 atom stereocenters. The van der Waals surface area contributed by atoms with E-state index in [2.05, 4.69) is 22.4 Å². The number of ether oxygens (including phenoxy) is 1. The molecule has 156 valence electrons. The molecule has 1 aromatic carbocycles. The number of carbonyl (C=O) groups is 2. The van der Waals surface area contributed by atoms with Crippen LogP contribution in [-0.4, -0.2) is 55.4 Å². The molecule has 2 aliphatic heterocycles. The van der Waals surface area contributed by atoms with Crippen molar-refractivity contribution < 1.29 is 14.3 Å². The number of hydrogen-bond acceptors (Lipinski definition) is 5. The average Bonchev–Trinajstić information content (AvgIpc) is 2.74. The number of nitrogens with zero attached hydrogens (tertiary/aromatic N) is 2. The van der Waals surface area contributed by atoms with Crippen LogP contribution in [0.4, 0.5) is 0 Å². The van der Waals surface area contributed by atoms with E-state index in [1.807, 2.05) is 23.1 Å². The van der Waals surface area contributed by atoms with Crippen molar-refractivity contribution in [1.29, 1.82) is 0 Å². The van der Waals surface area contributed by atoms with Crippen LogP contribution in [0.3, 0.4) is 0 Å². The number of piperidine rings is 1. The van der Waals surface area contributed by atoms with E-state index in [-0.39, 0.29) is 11.9 Å². The maximum Gasteiger partial charge on any atom is 0.330 e. The molecule has 29 heavy (non-hydrogen) atoms. The zero-order valence-electron chi connectivity index (χ0n) is 17.2. The van der Waals surface area contributed by atoms with Gasteiger partial charge in [-0.25, -0.2) is 4.79 Å². The van der Waals surface area contributed by atoms with Crippen molar-refractivity contribution in [3.8, 4) is 0 Å². The molecule has 1 N–H and O–H groups in total. The highest BCUT2D eigenvalue weighted by atomic mass is 16.5. The third kappa shape index (κ3) is 6.73. The summed E-state index contributed by atoms with van der Waals surface area (Å²) >= 11 is 0. The first-order valence-corrected chi connectivity index (χ1v) is 10.6. The number of amides is 1. The fourth-order valence-electron chi connectivity index (χ4n) is 3.78. The maximum atomic E-state index is 12.7. The largest absolute Gasteiger partial charge is 0.463 e. The quantitative estimate of drug-likeness (QED) is 0.567. The number of carbonyl (C=O) groups excluding carboxylic acids is 2. The summed E-state index contributed by atoms with van der Waals surface area (Å²) in [4.78, 5) is 30.6. The van der Waals surface area contributed by atoms with Crippen molar-refractivity contribution in [3.63, 3.8) is 0 Å². The number of allylic oxidation sites excluding steroid dienone is 1. The van der Waals surface area contributed by atoms with Crippen LogP contribution >= 0.6 is 0 Å². The Kier molecular flexibility index (Phi) is 7.85. The zero-order chi connectivity index (χ0) is 20.5. The van der Waals surface area contributed by atoms with Crippen LogP contribution in [0, 0.1) is 5.92 Å². The number of likely N-dealkylation sites (tertiary alicyclic amines) is 1. The van der Waals surface area contributed by atoms with E-state index >= 15 is 0 Å². The molecule has 1 saturated heterocycles. The molecule has 1 fully saturated rings. The minimum absolute atomic E-state index is 0.170. The number of rotatable bonds is 7. The monoisotopic (exact) mass is 397 g/mol. The second-order valence-corrected chi connectivity index (χ2v) is 7.61. The van der Waals surface area contributed by atoms with Crippen LogP contribution in [0.1, 0.15) is 37.3 Å². The molecular weight excluding hydrogens is 366 g/mol. The van der Waals surface area contributed by atoms with Crippen LogP contribution < -0.4 is 5.32 Å².